The van der Waals surface area contributed by atoms with Crippen molar-refractivity contribution < 1.29 is 22.3 Å². The highest BCUT2D eigenvalue weighted by molar-refractivity contribution is 7.89. The Labute approximate surface area is 75.0 Å². The van der Waals surface area contributed by atoms with Crippen LogP contribution in [0.5, 0.6) is 0 Å². The molecular formula is C6H11F2NO3S. The lowest BCUT2D eigenvalue weighted by Crippen LogP contribution is -2.36. The van der Waals surface area contributed by atoms with Crippen LogP contribution in [0.4, 0.5) is 8.78 Å². The normalized spacial score (nSPS) is 20.6. The average molecular weight is 215 g/mol. The summed E-state index contributed by atoms with van der Waals surface area (Å²) in [6, 6.07) is 0. The molecule has 7 heteroatoms. The van der Waals surface area contributed by atoms with Crippen LogP contribution < -0.4 is 4.72 Å². The molecule has 0 heterocycles. The van der Waals surface area contributed by atoms with E-state index in [0.717, 1.165) is 12.8 Å². The van der Waals surface area contributed by atoms with Gasteiger partial charge in [-0.05, 0) is 18.8 Å². The summed E-state index contributed by atoms with van der Waals surface area (Å²) in [7, 11) is -4.54. The van der Waals surface area contributed by atoms with Crippen molar-refractivity contribution in [2.45, 2.75) is 24.7 Å². The van der Waals surface area contributed by atoms with Gasteiger partial charge in [0.2, 0.25) is 0 Å². The smallest absolute Gasteiger partial charge is 0.350 e. The van der Waals surface area contributed by atoms with Crippen molar-refractivity contribution in [3.8, 4) is 0 Å². The van der Waals surface area contributed by atoms with Crippen molar-refractivity contribution >= 4 is 10.0 Å². The minimum Gasteiger partial charge on any atom is -0.391 e. The molecule has 0 aromatic rings. The van der Waals surface area contributed by atoms with Crippen LogP contribution in [0.15, 0.2) is 0 Å². The van der Waals surface area contributed by atoms with Crippen LogP contribution in [0.25, 0.3) is 0 Å². The third-order valence-corrected chi connectivity index (χ3v) is 2.93. The van der Waals surface area contributed by atoms with Gasteiger partial charge in [-0.3, -0.25) is 0 Å². The van der Waals surface area contributed by atoms with Crippen molar-refractivity contribution in [1.82, 2.24) is 4.72 Å². The number of hydrogen-bond donors (Lipinski definition) is 2. The molecule has 1 atom stereocenters. The van der Waals surface area contributed by atoms with Gasteiger partial charge in [0.15, 0.2) is 0 Å². The fourth-order valence-electron chi connectivity index (χ4n) is 0.912. The highest BCUT2D eigenvalue weighted by Gasteiger charge is 2.32. The van der Waals surface area contributed by atoms with Gasteiger partial charge in [0.1, 0.15) is 0 Å². The maximum atomic E-state index is 11.7. The minimum absolute atomic E-state index is 0.0698. The van der Waals surface area contributed by atoms with Crippen LogP contribution >= 0.6 is 0 Å². The zero-order valence-electron chi connectivity index (χ0n) is 6.78. The molecule has 0 aliphatic heterocycles. The monoisotopic (exact) mass is 215 g/mol. The van der Waals surface area contributed by atoms with Gasteiger partial charge in [-0.25, -0.2) is 13.1 Å². The molecule has 0 saturated heterocycles. The Morgan fingerprint density at radius 3 is 2.38 bits per heavy atom. The molecule has 0 amide bonds. The summed E-state index contributed by atoms with van der Waals surface area (Å²) in [5.41, 5.74) is 0. The van der Waals surface area contributed by atoms with E-state index < -0.39 is 21.9 Å². The Kier molecular flexibility index (Phi) is 3.20. The van der Waals surface area contributed by atoms with Crippen LogP contribution in [0, 0.1) is 5.92 Å². The van der Waals surface area contributed by atoms with Crippen LogP contribution in [0.3, 0.4) is 0 Å². The third-order valence-electron chi connectivity index (χ3n) is 1.89. The van der Waals surface area contributed by atoms with Gasteiger partial charge in [-0.1, -0.05) is 0 Å². The van der Waals surface area contributed by atoms with E-state index in [0.29, 0.717) is 0 Å². The lowest BCUT2D eigenvalue weighted by molar-refractivity contribution is 0.154. The average Bonchev–Trinajstić information content (AvgIpc) is 2.82. The highest BCUT2D eigenvalue weighted by Crippen LogP contribution is 2.32. The topological polar surface area (TPSA) is 66.4 Å². The lowest BCUT2D eigenvalue weighted by Gasteiger charge is -2.10. The third kappa shape index (κ3) is 3.17. The molecule has 0 bridgehead atoms. The van der Waals surface area contributed by atoms with E-state index in [2.05, 4.69) is 0 Å². The minimum atomic E-state index is -4.54. The molecule has 1 rings (SSSR count). The number of hydrogen-bond acceptors (Lipinski definition) is 3. The van der Waals surface area contributed by atoms with E-state index in [1.165, 1.54) is 0 Å². The van der Waals surface area contributed by atoms with Crippen LogP contribution in [-0.2, 0) is 10.0 Å². The van der Waals surface area contributed by atoms with Gasteiger partial charge in [0, 0.05) is 6.54 Å². The Bertz CT molecular complexity index is 263. The summed E-state index contributed by atoms with van der Waals surface area (Å²) in [5.74, 6) is -3.36. The zero-order chi connectivity index (χ0) is 10.1. The number of aliphatic hydroxyl groups is 1. The van der Waals surface area contributed by atoms with E-state index in [9.17, 15) is 17.2 Å². The van der Waals surface area contributed by atoms with Crippen molar-refractivity contribution in [1.29, 1.82) is 0 Å². The predicted molar refractivity (Wildman–Crippen MR) is 41.7 cm³/mol. The first-order valence-corrected chi connectivity index (χ1v) is 5.43. The second-order valence-electron chi connectivity index (χ2n) is 3.06. The van der Waals surface area contributed by atoms with E-state index in [1.54, 1.807) is 4.72 Å². The van der Waals surface area contributed by atoms with Crippen LogP contribution in [0.1, 0.15) is 12.8 Å². The molecule has 1 unspecified atom stereocenters. The van der Waals surface area contributed by atoms with Crippen LogP contribution in [0.2, 0.25) is 0 Å². The predicted octanol–water partition coefficient (Wildman–Crippen LogP) is -0.101. The molecule has 1 fully saturated rings. The quantitative estimate of drug-likeness (QED) is 0.673. The van der Waals surface area contributed by atoms with E-state index >= 15 is 0 Å². The van der Waals surface area contributed by atoms with Gasteiger partial charge in [-0.15, -0.1) is 0 Å². The molecular weight excluding hydrogens is 204 g/mol. The standard InChI is InChI=1S/C6H11F2NO3S/c7-6(8)13(11,12)9-3-5(10)4-1-2-4/h4-6,9-10H,1-3H2. The second kappa shape index (κ2) is 3.85. The fraction of sp³-hybridized carbons (Fsp3) is 1.00. The van der Waals surface area contributed by atoms with Crippen LogP contribution in [-0.4, -0.2) is 31.9 Å². The van der Waals surface area contributed by atoms with Gasteiger partial charge < -0.3 is 5.11 Å². The summed E-state index contributed by atoms with van der Waals surface area (Å²) < 4.78 is 46.2. The van der Waals surface area contributed by atoms with Crippen molar-refractivity contribution in [2.24, 2.45) is 5.92 Å². The first-order chi connectivity index (χ1) is 5.93. The molecule has 0 aromatic carbocycles. The largest absolute Gasteiger partial charge is 0.391 e. The van der Waals surface area contributed by atoms with Crippen molar-refractivity contribution in [3.05, 3.63) is 0 Å². The highest BCUT2D eigenvalue weighted by atomic mass is 32.2. The molecule has 1 aliphatic rings. The summed E-state index contributed by atoms with van der Waals surface area (Å²) in [6.45, 7) is -0.322. The summed E-state index contributed by atoms with van der Waals surface area (Å²) in [5, 5.41) is 9.16. The van der Waals surface area contributed by atoms with Crippen molar-refractivity contribution in [2.75, 3.05) is 6.54 Å². The molecule has 0 radical (unpaired) electrons. The number of nitrogens with one attached hydrogen (secondary N) is 1. The summed E-state index contributed by atoms with van der Waals surface area (Å²) >= 11 is 0. The number of alkyl halides is 2. The Morgan fingerprint density at radius 1 is 1.46 bits per heavy atom. The van der Waals surface area contributed by atoms with E-state index in [4.69, 9.17) is 5.11 Å². The summed E-state index contributed by atoms with van der Waals surface area (Å²) in [4.78, 5) is 0. The number of sulfonamides is 1. The maximum absolute atomic E-state index is 11.7. The first-order valence-electron chi connectivity index (χ1n) is 3.88. The van der Waals surface area contributed by atoms with Gasteiger partial charge in [0.05, 0.1) is 6.10 Å². The maximum Gasteiger partial charge on any atom is 0.350 e. The molecule has 13 heavy (non-hydrogen) atoms. The molecule has 0 aromatic heterocycles. The molecule has 1 saturated carbocycles. The number of halogens is 2. The van der Waals surface area contributed by atoms with Crippen molar-refractivity contribution in [3.63, 3.8) is 0 Å². The molecule has 0 spiro atoms. The first kappa shape index (κ1) is 10.8. The Balaban J connectivity index is 2.32. The number of aliphatic hydroxyl groups excluding tert-OH is 1. The second-order valence-corrected chi connectivity index (χ2v) is 4.79. The zero-order valence-corrected chi connectivity index (χ0v) is 7.60. The fourth-order valence-corrected chi connectivity index (χ4v) is 1.44. The number of rotatable bonds is 5. The van der Waals surface area contributed by atoms with E-state index in [-0.39, 0.29) is 12.5 Å². The Morgan fingerprint density at radius 2 is 2.00 bits per heavy atom. The molecule has 78 valence electrons. The molecule has 1 aliphatic carbocycles. The van der Waals surface area contributed by atoms with Gasteiger partial charge in [0.25, 0.3) is 10.0 Å². The van der Waals surface area contributed by atoms with E-state index in [1.807, 2.05) is 0 Å². The Hall–Kier alpha value is -0.270. The SMILES string of the molecule is O=S(=O)(NCC(O)C1CC1)C(F)F. The molecule has 2 N–H and O–H groups in total. The van der Waals surface area contributed by atoms with Gasteiger partial charge in [-0.2, -0.15) is 8.78 Å². The summed E-state index contributed by atoms with van der Waals surface area (Å²) in [6.07, 6.45) is 0.823. The molecule has 4 nitrogen and oxygen atoms in total. The van der Waals surface area contributed by atoms with Gasteiger partial charge >= 0.3 is 5.76 Å². The lowest BCUT2D eigenvalue weighted by atomic mass is 10.2.